The Balaban J connectivity index is 0.000000531. The highest BCUT2D eigenvalue weighted by Crippen LogP contribution is 2.30. The lowest BCUT2D eigenvalue weighted by Crippen LogP contribution is -2.23. The van der Waals surface area contributed by atoms with Gasteiger partial charge in [0.15, 0.2) is 0 Å². The molecule has 0 radical (unpaired) electrons. The quantitative estimate of drug-likeness (QED) is 0.697. The first-order valence-corrected chi connectivity index (χ1v) is 5.60. The SMILES string of the molecule is C=C1c2cccnc2CN1C(C)C.CC. The van der Waals surface area contributed by atoms with Crippen molar-refractivity contribution in [1.82, 2.24) is 9.88 Å². The van der Waals surface area contributed by atoms with Crippen LogP contribution < -0.4 is 0 Å². The molecule has 1 aromatic heterocycles. The fourth-order valence-corrected chi connectivity index (χ4v) is 1.73. The average molecular weight is 204 g/mol. The average Bonchev–Trinajstić information content (AvgIpc) is 2.60. The van der Waals surface area contributed by atoms with Crippen molar-refractivity contribution >= 4 is 5.70 Å². The Morgan fingerprint density at radius 1 is 1.40 bits per heavy atom. The molecule has 0 fully saturated rings. The molecule has 1 aliphatic rings. The number of aromatic nitrogens is 1. The molecule has 0 saturated carbocycles. The van der Waals surface area contributed by atoms with E-state index in [2.05, 4.69) is 36.4 Å². The molecule has 0 atom stereocenters. The van der Waals surface area contributed by atoms with Crippen LogP contribution in [0.4, 0.5) is 0 Å². The first-order valence-electron chi connectivity index (χ1n) is 5.60. The van der Waals surface area contributed by atoms with E-state index in [-0.39, 0.29) is 0 Å². The molecule has 1 aromatic rings. The van der Waals surface area contributed by atoms with E-state index in [1.807, 2.05) is 26.1 Å². The van der Waals surface area contributed by atoms with Gasteiger partial charge >= 0.3 is 0 Å². The van der Waals surface area contributed by atoms with E-state index in [9.17, 15) is 0 Å². The largest absolute Gasteiger partial charge is 0.363 e. The van der Waals surface area contributed by atoms with E-state index < -0.39 is 0 Å². The molecule has 0 aromatic carbocycles. The van der Waals surface area contributed by atoms with Gasteiger partial charge in [0.05, 0.1) is 12.2 Å². The Hall–Kier alpha value is -1.31. The summed E-state index contributed by atoms with van der Waals surface area (Å²) in [4.78, 5) is 6.62. The normalized spacial score (nSPS) is 13.7. The van der Waals surface area contributed by atoms with Gasteiger partial charge < -0.3 is 4.90 Å². The van der Waals surface area contributed by atoms with E-state index in [0.29, 0.717) is 6.04 Å². The molecule has 2 heterocycles. The lowest BCUT2D eigenvalue weighted by molar-refractivity contribution is 0.336. The standard InChI is InChI=1S/C11H14N2.C2H6/c1-8(2)13-7-11-10(9(13)3)5-4-6-12-11;1-2/h4-6,8H,3,7H2,1-2H3;1-2H3. The van der Waals surface area contributed by atoms with Gasteiger partial charge in [-0.1, -0.05) is 20.4 Å². The first-order chi connectivity index (χ1) is 7.20. The molecule has 0 bridgehead atoms. The van der Waals surface area contributed by atoms with Gasteiger partial charge in [-0.3, -0.25) is 4.98 Å². The monoisotopic (exact) mass is 204 g/mol. The van der Waals surface area contributed by atoms with Crippen LogP contribution in [0.3, 0.4) is 0 Å². The van der Waals surface area contributed by atoms with E-state index in [0.717, 1.165) is 17.9 Å². The van der Waals surface area contributed by atoms with Crippen LogP contribution in [0.25, 0.3) is 5.70 Å². The van der Waals surface area contributed by atoms with Crippen molar-refractivity contribution in [1.29, 1.82) is 0 Å². The zero-order chi connectivity index (χ0) is 11.4. The van der Waals surface area contributed by atoms with Crippen LogP contribution in [-0.4, -0.2) is 15.9 Å². The molecular formula is C13H20N2. The third-order valence-corrected chi connectivity index (χ3v) is 2.49. The molecular weight excluding hydrogens is 184 g/mol. The molecule has 15 heavy (non-hydrogen) atoms. The zero-order valence-corrected chi connectivity index (χ0v) is 10.1. The summed E-state index contributed by atoms with van der Waals surface area (Å²) in [6, 6.07) is 4.56. The molecule has 2 nitrogen and oxygen atoms in total. The second-order valence-electron chi connectivity index (χ2n) is 3.67. The number of rotatable bonds is 1. The van der Waals surface area contributed by atoms with E-state index in [4.69, 9.17) is 0 Å². The smallest absolute Gasteiger partial charge is 0.0689 e. The molecule has 0 N–H and O–H groups in total. The third-order valence-electron chi connectivity index (χ3n) is 2.49. The van der Waals surface area contributed by atoms with Gasteiger partial charge in [0.1, 0.15) is 0 Å². The topological polar surface area (TPSA) is 16.1 Å². The number of hydrogen-bond acceptors (Lipinski definition) is 2. The summed E-state index contributed by atoms with van der Waals surface area (Å²) in [7, 11) is 0. The summed E-state index contributed by atoms with van der Waals surface area (Å²) < 4.78 is 0. The van der Waals surface area contributed by atoms with Gasteiger partial charge in [-0.25, -0.2) is 0 Å². The molecule has 82 valence electrons. The van der Waals surface area contributed by atoms with Gasteiger partial charge in [0.25, 0.3) is 0 Å². The van der Waals surface area contributed by atoms with Crippen molar-refractivity contribution < 1.29 is 0 Å². The van der Waals surface area contributed by atoms with Crippen molar-refractivity contribution in [2.45, 2.75) is 40.3 Å². The second-order valence-corrected chi connectivity index (χ2v) is 3.67. The van der Waals surface area contributed by atoms with Crippen LogP contribution >= 0.6 is 0 Å². The molecule has 0 amide bonds. The maximum absolute atomic E-state index is 4.34. The number of nitrogens with zero attached hydrogens (tertiary/aromatic N) is 2. The molecule has 0 saturated heterocycles. The molecule has 2 heteroatoms. The van der Waals surface area contributed by atoms with Gasteiger partial charge in [-0.2, -0.15) is 0 Å². The Kier molecular flexibility index (Phi) is 3.89. The van der Waals surface area contributed by atoms with Crippen LogP contribution in [0.5, 0.6) is 0 Å². The van der Waals surface area contributed by atoms with Crippen LogP contribution in [0, 0.1) is 0 Å². The summed E-state index contributed by atoms with van der Waals surface area (Å²) in [5.41, 5.74) is 3.47. The summed E-state index contributed by atoms with van der Waals surface area (Å²) in [6.07, 6.45) is 1.84. The summed E-state index contributed by atoms with van der Waals surface area (Å²) in [6.45, 7) is 13.3. The maximum atomic E-state index is 4.34. The summed E-state index contributed by atoms with van der Waals surface area (Å²) in [5.74, 6) is 0. The molecule has 2 rings (SSSR count). The predicted molar refractivity (Wildman–Crippen MR) is 65.3 cm³/mol. The Bertz CT molecular complexity index is 342. The van der Waals surface area contributed by atoms with Crippen molar-refractivity contribution in [3.63, 3.8) is 0 Å². The minimum atomic E-state index is 0.502. The van der Waals surface area contributed by atoms with Crippen molar-refractivity contribution in [2.24, 2.45) is 0 Å². The Morgan fingerprint density at radius 3 is 2.60 bits per heavy atom. The van der Waals surface area contributed by atoms with Crippen LogP contribution in [-0.2, 0) is 6.54 Å². The fraction of sp³-hybridized carbons (Fsp3) is 0.462. The number of pyridine rings is 1. The predicted octanol–water partition coefficient (Wildman–Crippen LogP) is 3.30. The molecule has 0 spiro atoms. The highest BCUT2D eigenvalue weighted by Gasteiger charge is 2.24. The molecule has 0 unspecified atom stereocenters. The highest BCUT2D eigenvalue weighted by molar-refractivity contribution is 5.67. The molecule has 1 aliphatic heterocycles. The molecule has 0 aliphatic carbocycles. The summed E-state index contributed by atoms with van der Waals surface area (Å²) >= 11 is 0. The van der Waals surface area contributed by atoms with Crippen LogP contribution in [0.1, 0.15) is 39.0 Å². The van der Waals surface area contributed by atoms with Crippen LogP contribution in [0.2, 0.25) is 0 Å². The van der Waals surface area contributed by atoms with Crippen molar-refractivity contribution in [3.05, 3.63) is 36.2 Å². The zero-order valence-electron chi connectivity index (χ0n) is 10.1. The number of hydrogen-bond donors (Lipinski definition) is 0. The lowest BCUT2D eigenvalue weighted by atomic mass is 10.2. The van der Waals surface area contributed by atoms with Gasteiger partial charge in [-0.15, -0.1) is 0 Å². The fourth-order valence-electron chi connectivity index (χ4n) is 1.73. The van der Waals surface area contributed by atoms with Crippen LogP contribution in [0.15, 0.2) is 24.9 Å². The minimum absolute atomic E-state index is 0.502. The Morgan fingerprint density at radius 2 is 2.07 bits per heavy atom. The van der Waals surface area contributed by atoms with E-state index in [1.165, 1.54) is 5.56 Å². The first kappa shape index (κ1) is 11.8. The van der Waals surface area contributed by atoms with Gasteiger partial charge in [-0.05, 0) is 26.0 Å². The maximum Gasteiger partial charge on any atom is 0.0689 e. The van der Waals surface area contributed by atoms with E-state index >= 15 is 0 Å². The third kappa shape index (κ3) is 2.20. The number of fused-ring (bicyclic) bond motifs is 1. The van der Waals surface area contributed by atoms with Crippen molar-refractivity contribution in [2.75, 3.05) is 0 Å². The lowest BCUT2D eigenvalue weighted by Gasteiger charge is -2.23. The minimum Gasteiger partial charge on any atom is -0.363 e. The van der Waals surface area contributed by atoms with Gasteiger partial charge in [0, 0.05) is 23.5 Å². The van der Waals surface area contributed by atoms with Gasteiger partial charge in [0.2, 0.25) is 0 Å². The second kappa shape index (κ2) is 4.96. The summed E-state index contributed by atoms with van der Waals surface area (Å²) in [5, 5.41) is 0. The highest BCUT2D eigenvalue weighted by atomic mass is 15.2. The van der Waals surface area contributed by atoms with E-state index in [1.54, 1.807) is 0 Å². The Labute approximate surface area is 92.6 Å². The van der Waals surface area contributed by atoms with Crippen molar-refractivity contribution in [3.8, 4) is 0 Å².